The Labute approximate surface area is 85.9 Å². The van der Waals surface area contributed by atoms with Gasteiger partial charge in [0.15, 0.2) is 0 Å². The minimum atomic E-state index is 1.11. The number of thioether (sulfide) groups is 1. The van der Waals surface area contributed by atoms with Crippen molar-refractivity contribution >= 4 is 34.4 Å². The number of alkyl halides is 1. The fraction of sp³-hybridized carbons (Fsp3) is 0.333. The molecular formula is C9H11IS. The van der Waals surface area contributed by atoms with Gasteiger partial charge in [-0.05, 0) is 36.4 Å². The molecule has 0 bridgehead atoms. The predicted octanol–water partition coefficient (Wildman–Crippen LogP) is 3.65. The third kappa shape index (κ3) is 2.37. The Morgan fingerprint density at radius 1 is 1.45 bits per heavy atom. The molecule has 0 aromatic heterocycles. The van der Waals surface area contributed by atoms with Crippen molar-refractivity contribution in [2.45, 2.75) is 16.2 Å². The Morgan fingerprint density at radius 3 is 2.64 bits per heavy atom. The average Bonchev–Trinajstić information content (AvgIpc) is 2.04. The Morgan fingerprint density at radius 2 is 2.18 bits per heavy atom. The quantitative estimate of drug-likeness (QED) is 0.452. The number of halogens is 1. The summed E-state index contributed by atoms with van der Waals surface area (Å²) in [6.07, 6.45) is 2.11. The topological polar surface area (TPSA) is 0 Å². The molecule has 0 radical (unpaired) electrons. The summed E-state index contributed by atoms with van der Waals surface area (Å²) in [7, 11) is 0. The van der Waals surface area contributed by atoms with Gasteiger partial charge >= 0.3 is 0 Å². The molecule has 0 heterocycles. The van der Waals surface area contributed by atoms with Crippen LogP contribution < -0.4 is 0 Å². The highest BCUT2D eigenvalue weighted by molar-refractivity contribution is 14.1. The Hall–Kier alpha value is 0.300. The highest BCUT2D eigenvalue weighted by Crippen LogP contribution is 2.20. The van der Waals surface area contributed by atoms with E-state index in [1.807, 2.05) is 0 Å². The van der Waals surface area contributed by atoms with Gasteiger partial charge in [0.1, 0.15) is 0 Å². The maximum absolute atomic E-state index is 2.40. The lowest BCUT2D eigenvalue weighted by Gasteiger charge is -2.03. The molecule has 1 rings (SSSR count). The second kappa shape index (κ2) is 4.36. The maximum Gasteiger partial charge on any atom is 0.0249 e. The van der Waals surface area contributed by atoms with Crippen molar-refractivity contribution in [3.63, 3.8) is 0 Å². The van der Waals surface area contributed by atoms with Crippen LogP contribution in [-0.4, -0.2) is 6.26 Å². The summed E-state index contributed by atoms with van der Waals surface area (Å²) in [6, 6.07) is 6.65. The van der Waals surface area contributed by atoms with E-state index < -0.39 is 0 Å². The summed E-state index contributed by atoms with van der Waals surface area (Å²) in [5.74, 6) is 0. The summed E-state index contributed by atoms with van der Waals surface area (Å²) in [5.41, 5.74) is 2.86. The van der Waals surface area contributed by atoms with E-state index in [0.717, 1.165) is 4.43 Å². The summed E-state index contributed by atoms with van der Waals surface area (Å²) < 4.78 is 1.11. The molecule has 0 aliphatic rings. The van der Waals surface area contributed by atoms with Gasteiger partial charge < -0.3 is 0 Å². The number of benzene rings is 1. The molecule has 0 saturated carbocycles. The van der Waals surface area contributed by atoms with Gasteiger partial charge in [0.25, 0.3) is 0 Å². The molecule has 0 saturated heterocycles. The normalized spacial score (nSPS) is 10.1. The van der Waals surface area contributed by atoms with Gasteiger partial charge in [-0.3, -0.25) is 0 Å². The molecule has 0 N–H and O–H groups in total. The molecule has 1 aromatic carbocycles. The van der Waals surface area contributed by atoms with Crippen LogP contribution in [0, 0.1) is 6.92 Å². The monoisotopic (exact) mass is 278 g/mol. The zero-order chi connectivity index (χ0) is 8.27. The van der Waals surface area contributed by atoms with E-state index in [-0.39, 0.29) is 0 Å². The molecule has 11 heavy (non-hydrogen) atoms. The smallest absolute Gasteiger partial charge is 0.0249 e. The van der Waals surface area contributed by atoms with Crippen molar-refractivity contribution in [2.24, 2.45) is 0 Å². The zero-order valence-corrected chi connectivity index (χ0v) is 9.70. The molecule has 2 heteroatoms. The van der Waals surface area contributed by atoms with E-state index in [4.69, 9.17) is 0 Å². The lowest BCUT2D eigenvalue weighted by atomic mass is 10.1. The summed E-state index contributed by atoms with van der Waals surface area (Å²) >= 11 is 4.20. The van der Waals surface area contributed by atoms with Crippen molar-refractivity contribution < 1.29 is 0 Å². The minimum absolute atomic E-state index is 1.11. The van der Waals surface area contributed by atoms with Gasteiger partial charge in [0.2, 0.25) is 0 Å². The van der Waals surface area contributed by atoms with E-state index in [1.165, 1.54) is 16.0 Å². The summed E-state index contributed by atoms with van der Waals surface area (Å²) in [4.78, 5) is 1.36. The van der Waals surface area contributed by atoms with Gasteiger partial charge in [0, 0.05) is 9.32 Å². The van der Waals surface area contributed by atoms with Crippen LogP contribution in [0.25, 0.3) is 0 Å². The van der Waals surface area contributed by atoms with Crippen molar-refractivity contribution in [3.05, 3.63) is 29.3 Å². The molecule has 0 aliphatic carbocycles. The first-order valence-electron chi connectivity index (χ1n) is 3.47. The van der Waals surface area contributed by atoms with Gasteiger partial charge in [-0.1, -0.05) is 28.7 Å². The van der Waals surface area contributed by atoms with Gasteiger partial charge in [0.05, 0.1) is 0 Å². The lowest BCUT2D eigenvalue weighted by molar-refractivity contribution is 1.27. The summed E-state index contributed by atoms with van der Waals surface area (Å²) in [6.45, 7) is 2.17. The first-order chi connectivity index (χ1) is 5.27. The number of aryl methyl sites for hydroxylation is 1. The molecule has 60 valence electrons. The molecular weight excluding hydrogens is 267 g/mol. The van der Waals surface area contributed by atoms with Crippen molar-refractivity contribution in [3.8, 4) is 0 Å². The van der Waals surface area contributed by atoms with E-state index in [1.54, 1.807) is 11.8 Å². The van der Waals surface area contributed by atoms with Crippen LogP contribution in [0.1, 0.15) is 11.1 Å². The third-order valence-electron chi connectivity index (χ3n) is 1.69. The number of hydrogen-bond acceptors (Lipinski definition) is 1. The van der Waals surface area contributed by atoms with Gasteiger partial charge in [-0.2, -0.15) is 0 Å². The van der Waals surface area contributed by atoms with Crippen LogP contribution in [0.15, 0.2) is 23.1 Å². The van der Waals surface area contributed by atoms with E-state index in [9.17, 15) is 0 Å². The Balaban J connectivity index is 2.99. The first-order valence-corrected chi connectivity index (χ1v) is 6.22. The van der Waals surface area contributed by atoms with Gasteiger partial charge in [-0.15, -0.1) is 11.8 Å². The standard InChI is InChI=1S/C9H11IS/c1-7-5-9(11-2)4-3-8(7)6-10/h3-5H,6H2,1-2H3. The molecule has 0 fully saturated rings. The van der Waals surface area contributed by atoms with Crippen LogP contribution in [0.4, 0.5) is 0 Å². The van der Waals surface area contributed by atoms with Crippen LogP contribution >= 0.6 is 34.4 Å². The molecule has 0 aliphatic heterocycles. The van der Waals surface area contributed by atoms with Crippen molar-refractivity contribution in [1.82, 2.24) is 0 Å². The SMILES string of the molecule is CSc1ccc(CI)c(C)c1. The molecule has 0 atom stereocenters. The number of hydrogen-bond donors (Lipinski definition) is 0. The third-order valence-corrected chi connectivity index (χ3v) is 3.24. The maximum atomic E-state index is 2.40. The van der Waals surface area contributed by atoms with Crippen molar-refractivity contribution in [2.75, 3.05) is 6.26 Å². The average molecular weight is 278 g/mol. The predicted molar refractivity (Wildman–Crippen MR) is 60.7 cm³/mol. The number of rotatable bonds is 2. The fourth-order valence-corrected chi connectivity index (χ4v) is 2.30. The zero-order valence-electron chi connectivity index (χ0n) is 6.73. The largest absolute Gasteiger partial charge is 0.130 e. The Kier molecular flexibility index (Phi) is 3.72. The molecule has 0 amide bonds. The van der Waals surface area contributed by atoms with E-state index >= 15 is 0 Å². The molecule has 0 nitrogen and oxygen atoms in total. The van der Waals surface area contributed by atoms with Crippen LogP contribution in [0.3, 0.4) is 0 Å². The molecule has 1 aromatic rings. The molecule has 0 unspecified atom stereocenters. The lowest BCUT2D eigenvalue weighted by Crippen LogP contribution is -1.83. The second-order valence-electron chi connectivity index (χ2n) is 2.43. The minimum Gasteiger partial charge on any atom is -0.130 e. The Bertz CT molecular complexity index is 245. The molecule has 0 spiro atoms. The van der Waals surface area contributed by atoms with Crippen LogP contribution in [0.2, 0.25) is 0 Å². The summed E-state index contributed by atoms with van der Waals surface area (Å²) in [5, 5.41) is 0. The van der Waals surface area contributed by atoms with E-state index in [0.29, 0.717) is 0 Å². The highest BCUT2D eigenvalue weighted by Gasteiger charge is 1.96. The fourth-order valence-electron chi connectivity index (χ4n) is 0.945. The van der Waals surface area contributed by atoms with Crippen LogP contribution in [-0.2, 0) is 4.43 Å². The van der Waals surface area contributed by atoms with Crippen LogP contribution in [0.5, 0.6) is 0 Å². The van der Waals surface area contributed by atoms with E-state index in [2.05, 4.69) is 54.0 Å². The second-order valence-corrected chi connectivity index (χ2v) is 4.07. The van der Waals surface area contributed by atoms with Gasteiger partial charge in [-0.25, -0.2) is 0 Å². The van der Waals surface area contributed by atoms with Crippen molar-refractivity contribution in [1.29, 1.82) is 0 Å². The highest BCUT2D eigenvalue weighted by atomic mass is 127. The first kappa shape index (κ1) is 9.39.